The Bertz CT molecular complexity index is 566. The number of nitrogens with one attached hydrogen (secondary N) is 2. The molecule has 0 aliphatic carbocycles. The molecule has 1 aromatic rings. The summed E-state index contributed by atoms with van der Waals surface area (Å²) < 4.78 is 32.6. The fourth-order valence-corrected chi connectivity index (χ4v) is 3.68. The molecule has 0 aromatic heterocycles. The largest absolute Gasteiger partial charge is 0.494 e. The number of benzene rings is 1. The van der Waals surface area contributed by atoms with Crippen molar-refractivity contribution in [2.24, 2.45) is 5.92 Å². The maximum atomic E-state index is 12.3. The molecule has 1 aromatic carbocycles. The van der Waals surface area contributed by atoms with Crippen LogP contribution in [0.15, 0.2) is 23.1 Å². The van der Waals surface area contributed by atoms with Crippen LogP contribution in [0.3, 0.4) is 0 Å². The van der Waals surface area contributed by atoms with Crippen molar-refractivity contribution in [3.8, 4) is 5.75 Å². The van der Waals surface area contributed by atoms with Crippen molar-refractivity contribution in [2.45, 2.75) is 31.6 Å². The van der Waals surface area contributed by atoms with Crippen molar-refractivity contribution in [3.05, 3.63) is 23.8 Å². The Kier molecular flexibility index (Phi) is 5.61. The SMILES string of the molecule is CCOc1ccc(S(=O)(=O)NCCC2CCNC2)cc1C. The topological polar surface area (TPSA) is 67.4 Å². The molecule has 1 atom stereocenters. The Labute approximate surface area is 127 Å². The van der Waals surface area contributed by atoms with Gasteiger partial charge in [0, 0.05) is 6.54 Å². The molecule has 1 unspecified atom stereocenters. The number of rotatable bonds is 7. The predicted octanol–water partition coefficient (Wildman–Crippen LogP) is 1.67. The fourth-order valence-electron chi connectivity index (χ4n) is 2.55. The first-order chi connectivity index (χ1) is 10.0. The van der Waals surface area contributed by atoms with Gasteiger partial charge in [-0.05, 0) is 69.5 Å². The molecular formula is C15H24N2O3S. The van der Waals surface area contributed by atoms with E-state index in [-0.39, 0.29) is 0 Å². The summed E-state index contributed by atoms with van der Waals surface area (Å²) in [5.74, 6) is 1.31. The lowest BCUT2D eigenvalue weighted by Gasteiger charge is -2.12. The van der Waals surface area contributed by atoms with Crippen LogP contribution in [0.4, 0.5) is 0 Å². The third-order valence-corrected chi connectivity index (χ3v) is 5.22. The highest BCUT2D eigenvalue weighted by Gasteiger charge is 2.18. The molecule has 1 aliphatic heterocycles. The minimum atomic E-state index is -3.43. The fraction of sp³-hybridized carbons (Fsp3) is 0.600. The van der Waals surface area contributed by atoms with Gasteiger partial charge in [-0.1, -0.05) is 0 Å². The van der Waals surface area contributed by atoms with Crippen molar-refractivity contribution >= 4 is 10.0 Å². The molecular weight excluding hydrogens is 288 g/mol. The number of sulfonamides is 1. The van der Waals surface area contributed by atoms with Gasteiger partial charge in [-0.15, -0.1) is 0 Å². The molecule has 5 nitrogen and oxygen atoms in total. The molecule has 1 heterocycles. The Morgan fingerprint density at radius 2 is 2.24 bits per heavy atom. The zero-order valence-electron chi connectivity index (χ0n) is 12.7. The van der Waals surface area contributed by atoms with Gasteiger partial charge in [0.25, 0.3) is 0 Å². The Hall–Kier alpha value is -1.11. The quantitative estimate of drug-likeness (QED) is 0.804. The minimum absolute atomic E-state index is 0.299. The summed E-state index contributed by atoms with van der Waals surface area (Å²) in [5.41, 5.74) is 0.833. The first kappa shape index (κ1) is 16.3. The van der Waals surface area contributed by atoms with Gasteiger partial charge in [0.1, 0.15) is 5.75 Å². The molecule has 0 amide bonds. The van der Waals surface area contributed by atoms with E-state index in [1.807, 2.05) is 13.8 Å². The van der Waals surface area contributed by atoms with E-state index in [4.69, 9.17) is 4.74 Å². The van der Waals surface area contributed by atoms with E-state index in [0.717, 1.165) is 37.2 Å². The molecule has 2 N–H and O–H groups in total. The zero-order chi connectivity index (χ0) is 15.3. The zero-order valence-corrected chi connectivity index (χ0v) is 13.5. The highest BCUT2D eigenvalue weighted by Crippen LogP contribution is 2.22. The molecule has 6 heteroatoms. The van der Waals surface area contributed by atoms with Crippen LogP contribution in [0.5, 0.6) is 5.75 Å². The molecule has 1 aliphatic rings. The normalized spacial score (nSPS) is 18.9. The van der Waals surface area contributed by atoms with E-state index in [1.165, 1.54) is 0 Å². The highest BCUT2D eigenvalue weighted by atomic mass is 32.2. The summed E-state index contributed by atoms with van der Waals surface area (Å²) in [4.78, 5) is 0.299. The van der Waals surface area contributed by atoms with Crippen LogP contribution >= 0.6 is 0 Å². The number of aryl methyl sites for hydroxylation is 1. The van der Waals surface area contributed by atoms with Gasteiger partial charge in [0.05, 0.1) is 11.5 Å². The molecule has 2 rings (SSSR count). The molecule has 1 saturated heterocycles. The molecule has 0 spiro atoms. The smallest absolute Gasteiger partial charge is 0.240 e. The maximum absolute atomic E-state index is 12.3. The van der Waals surface area contributed by atoms with Crippen LogP contribution in [-0.2, 0) is 10.0 Å². The van der Waals surface area contributed by atoms with Crippen LogP contribution in [-0.4, -0.2) is 34.7 Å². The molecule has 21 heavy (non-hydrogen) atoms. The summed E-state index contributed by atoms with van der Waals surface area (Å²) in [6.45, 7) is 6.85. The lowest BCUT2D eigenvalue weighted by molar-refractivity contribution is 0.337. The second-order valence-electron chi connectivity index (χ2n) is 5.41. The summed E-state index contributed by atoms with van der Waals surface area (Å²) in [5, 5.41) is 3.29. The van der Waals surface area contributed by atoms with Gasteiger partial charge >= 0.3 is 0 Å². The van der Waals surface area contributed by atoms with Crippen LogP contribution in [0.25, 0.3) is 0 Å². The van der Waals surface area contributed by atoms with Crippen molar-refractivity contribution in [2.75, 3.05) is 26.2 Å². The van der Waals surface area contributed by atoms with Crippen LogP contribution in [0, 0.1) is 12.8 Å². The summed E-state index contributed by atoms with van der Waals surface area (Å²) >= 11 is 0. The third-order valence-electron chi connectivity index (χ3n) is 3.76. The van der Waals surface area contributed by atoms with E-state index >= 15 is 0 Å². The van der Waals surface area contributed by atoms with Crippen molar-refractivity contribution in [1.82, 2.24) is 10.0 Å². The monoisotopic (exact) mass is 312 g/mol. The van der Waals surface area contributed by atoms with Gasteiger partial charge in [-0.25, -0.2) is 13.1 Å². The summed E-state index contributed by atoms with van der Waals surface area (Å²) in [7, 11) is -3.43. The highest BCUT2D eigenvalue weighted by molar-refractivity contribution is 7.89. The summed E-state index contributed by atoms with van der Waals surface area (Å²) in [6, 6.07) is 4.97. The average molecular weight is 312 g/mol. The van der Waals surface area contributed by atoms with Gasteiger partial charge in [0.2, 0.25) is 10.0 Å². The van der Waals surface area contributed by atoms with E-state index in [1.54, 1.807) is 18.2 Å². The first-order valence-corrected chi connectivity index (χ1v) is 8.95. The first-order valence-electron chi connectivity index (χ1n) is 7.46. The summed E-state index contributed by atoms with van der Waals surface area (Å²) in [6.07, 6.45) is 2.01. The van der Waals surface area contributed by atoms with E-state index in [0.29, 0.717) is 24.0 Å². The molecule has 0 bridgehead atoms. The lowest BCUT2D eigenvalue weighted by atomic mass is 10.1. The Morgan fingerprint density at radius 1 is 1.43 bits per heavy atom. The Morgan fingerprint density at radius 3 is 2.86 bits per heavy atom. The standard InChI is InChI=1S/C15H24N2O3S/c1-3-20-15-5-4-14(10-12(15)2)21(18,19)17-9-7-13-6-8-16-11-13/h4-5,10,13,16-17H,3,6-9,11H2,1-2H3. The second kappa shape index (κ2) is 7.24. The van der Waals surface area contributed by atoms with Crippen LogP contribution < -0.4 is 14.8 Å². The predicted molar refractivity (Wildman–Crippen MR) is 83.1 cm³/mol. The number of hydrogen-bond acceptors (Lipinski definition) is 4. The minimum Gasteiger partial charge on any atom is -0.494 e. The van der Waals surface area contributed by atoms with Gasteiger partial charge in [-0.3, -0.25) is 0 Å². The van der Waals surface area contributed by atoms with E-state index in [9.17, 15) is 8.42 Å². The van der Waals surface area contributed by atoms with Gasteiger partial charge in [-0.2, -0.15) is 0 Å². The number of hydrogen-bond donors (Lipinski definition) is 2. The van der Waals surface area contributed by atoms with Gasteiger partial charge in [0.15, 0.2) is 0 Å². The molecule has 0 radical (unpaired) electrons. The average Bonchev–Trinajstić information content (AvgIpc) is 2.94. The Balaban J connectivity index is 1.96. The van der Waals surface area contributed by atoms with Crippen LogP contribution in [0.2, 0.25) is 0 Å². The van der Waals surface area contributed by atoms with Crippen molar-refractivity contribution < 1.29 is 13.2 Å². The van der Waals surface area contributed by atoms with E-state index in [2.05, 4.69) is 10.0 Å². The second-order valence-corrected chi connectivity index (χ2v) is 7.17. The van der Waals surface area contributed by atoms with E-state index < -0.39 is 10.0 Å². The third kappa shape index (κ3) is 4.43. The maximum Gasteiger partial charge on any atom is 0.240 e. The van der Waals surface area contributed by atoms with Crippen molar-refractivity contribution in [3.63, 3.8) is 0 Å². The van der Waals surface area contributed by atoms with Gasteiger partial charge < -0.3 is 10.1 Å². The molecule has 118 valence electrons. The lowest BCUT2D eigenvalue weighted by Crippen LogP contribution is -2.26. The molecule has 0 saturated carbocycles. The van der Waals surface area contributed by atoms with Crippen LogP contribution in [0.1, 0.15) is 25.3 Å². The molecule has 1 fully saturated rings. The number of ether oxygens (including phenoxy) is 1. The van der Waals surface area contributed by atoms with Crippen molar-refractivity contribution in [1.29, 1.82) is 0 Å².